The summed E-state index contributed by atoms with van der Waals surface area (Å²) in [6, 6.07) is 3.82. The molecule has 0 heterocycles. The topological polar surface area (TPSA) is 127 Å². The molecule has 0 aromatic heterocycles. The van der Waals surface area contributed by atoms with E-state index >= 15 is 0 Å². The molecule has 0 spiro atoms. The molecule has 116 valence electrons. The van der Waals surface area contributed by atoms with Crippen molar-refractivity contribution >= 4 is 21.7 Å². The van der Waals surface area contributed by atoms with E-state index in [2.05, 4.69) is 4.72 Å². The number of benzene rings is 1. The van der Waals surface area contributed by atoms with Crippen LogP contribution in [-0.2, 0) is 20.6 Å². The van der Waals surface area contributed by atoms with Gasteiger partial charge < -0.3 is 5.11 Å². The molecule has 21 heavy (non-hydrogen) atoms. The Morgan fingerprint density at radius 2 is 1.86 bits per heavy atom. The van der Waals surface area contributed by atoms with Crippen LogP contribution >= 0.6 is 0 Å². The summed E-state index contributed by atoms with van der Waals surface area (Å²) in [5.74, 6) is -2.10. The standard InChI is InChI=1S/C12H16N2O6S/c1-8(2)11(12(15)16)13-21(19,20)7-9-3-5-10(6-4-9)14(17)18/h3-6,8,11,13H,7H2,1-2H3,(H,15,16)/t11-/m1/s1. The van der Waals surface area contributed by atoms with Crippen LogP contribution in [0.25, 0.3) is 0 Å². The molecular formula is C12H16N2O6S. The average molecular weight is 316 g/mol. The summed E-state index contributed by atoms with van der Waals surface area (Å²) in [6.07, 6.45) is 0. The molecular weight excluding hydrogens is 300 g/mol. The van der Waals surface area contributed by atoms with Crippen molar-refractivity contribution in [1.82, 2.24) is 4.72 Å². The second kappa shape index (κ2) is 6.64. The van der Waals surface area contributed by atoms with Gasteiger partial charge in [0.15, 0.2) is 0 Å². The zero-order valence-electron chi connectivity index (χ0n) is 11.5. The van der Waals surface area contributed by atoms with Gasteiger partial charge in [0.2, 0.25) is 10.0 Å². The smallest absolute Gasteiger partial charge is 0.321 e. The zero-order valence-corrected chi connectivity index (χ0v) is 12.3. The van der Waals surface area contributed by atoms with Crippen molar-refractivity contribution in [3.63, 3.8) is 0 Å². The van der Waals surface area contributed by atoms with Crippen molar-refractivity contribution in [2.24, 2.45) is 5.92 Å². The van der Waals surface area contributed by atoms with Crippen LogP contribution in [0.15, 0.2) is 24.3 Å². The van der Waals surface area contributed by atoms with Crippen LogP contribution in [0.2, 0.25) is 0 Å². The number of non-ortho nitro benzene ring substituents is 1. The van der Waals surface area contributed by atoms with Crippen LogP contribution in [0.1, 0.15) is 19.4 Å². The van der Waals surface area contributed by atoms with Crippen molar-refractivity contribution in [2.75, 3.05) is 0 Å². The minimum atomic E-state index is -3.86. The highest BCUT2D eigenvalue weighted by Crippen LogP contribution is 2.14. The minimum Gasteiger partial charge on any atom is -0.480 e. The normalized spacial score (nSPS) is 13.1. The lowest BCUT2D eigenvalue weighted by Crippen LogP contribution is -2.44. The second-order valence-corrected chi connectivity index (χ2v) is 6.61. The molecule has 1 rings (SSSR count). The number of carboxylic acid groups (broad SMARTS) is 1. The number of nitro groups is 1. The van der Waals surface area contributed by atoms with Gasteiger partial charge in [-0.2, -0.15) is 0 Å². The molecule has 0 aliphatic rings. The van der Waals surface area contributed by atoms with Crippen LogP contribution in [0.5, 0.6) is 0 Å². The summed E-state index contributed by atoms with van der Waals surface area (Å²) in [5, 5.41) is 19.5. The number of hydrogen-bond donors (Lipinski definition) is 2. The number of carbonyl (C=O) groups is 1. The Morgan fingerprint density at radius 1 is 1.33 bits per heavy atom. The van der Waals surface area contributed by atoms with Crippen LogP contribution in [0.3, 0.4) is 0 Å². The Labute approximate surface area is 122 Å². The summed E-state index contributed by atoms with van der Waals surface area (Å²) in [6.45, 7) is 3.18. The third-order valence-corrected chi connectivity index (χ3v) is 4.07. The van der Waals surface area contributed by atoms with E-state index in [0.717, 1.165) is 0 Å². The first kappa shape index (κ1) is 17.1. The molecule has 1 aromatic carbocycles. The fourth-order valence-electron chi connectivity index (χ4n) is 1.64. The Balaban J connectivity index is 2.85. The molecule has 0 amide bonds. The summed E-state index contributed by atoms with van der Waals surface area (Å²) in [4.78, 5) is 20.9. The first-order chi connectivity index (χ1) is 9.62. The van der Waals surface area contributed by atoms with Gasteiger partial charge in [-0.25, -0.2) is 13.1 Å². The maximum atomic E-state index is 11.9. The van der Waals surface area contributed by atoms with Crippen LogP contribution in [-0.4, -0.2) is 30.5 Å². The first-order valence-corrected chi connectivity index (χ1v) is 7.74. The quantitative estimate of drug-likeness (QED) is 0.573. The highest BCUT2D eigenvalue weighted by atomic mass is 32.2. The number of rotatable bonds is 7. The summed E-state index contributed by atoms with van der Waals surface area (Å²) >= 11 is 0. The van der Waals surface area contributed by atoms with Gasteiger partial charge in [-0.15, -0.1) is 0 Å². The Morgan fingerprint density at radius 3 is 2.24 bits per heavy atom. The average Bonchev–Trinajstić information content (AvgIpc) is 2.35. The summed E-state index contributed by atoms with van der Waals surface area (Å²) in [7, 11) is -3.86. The Hall–Kier alpha value is -2.00. The number of hydrogen-bond acceptors (Lipinski definition) is 5. The van der Waals surface area contributed by atoms with E-state index in [9.17, 15) is 23.3 Å². The molecule has 0 unspecified atom stereocenters. The van der Waals surface area contributed by atoms with E-state index in [1.165, 1.54) is 24.3 Å². The van der Waals surface area contributed by atoms with E-state index < -0.39 is 38.6 Å². The van der Waals surface area contributed by atoms with Crippen molar-refractivity contribution in [3.05, 3.63) is 39.9 Å². The first-order valence-electron chi connectivity index (χ1n) is 6.08. The van der Waals surface area contributed by atoms with E-state index in [1.807, 2.05) is 0 Å². The van der Waals surface area contributed by atoms with Crippen molar-refractivity contribution < 1.29 is 23.2 Å². The molecule has 0 saturated heterocycles. The van der Waals surface area contributed by atoms with Crippen LogP contribution in [0, 0.1) is 16.0 Å². The molecule has 0 saturated carbocycles. The van der Waals surface area contributed by atoms with Gasteiger partial charge >= 0.3 is 5.97 Å². The molecule has 0 radical (unpaired) electrons. The lowest BCUT2D eigenvalue weighted by molar-refractivity contribution is -0.384. The van der Waals surface area contributed by atoms with Gasteiger partial charge in [-0.3, -0.25) is 14.9 Å². The second-order valence-electron chi connectivity index (χ2n) is 4.86. The van der Waals surface area contributed by atoms with Gasteiger partial charge in [0.05, 0.1) is 10.7 Å². The number of nitrogens with zero attached hydrogens (tertiary/aromatic N) is 1. The molecule has 1 atom stereocenters. The Bertz CT molecular complexity index is 624. The number of carboxylic acids is 1. The molecule has 0 bridgehead atoms. The largest absolute Gasteiger partial charge is 0.480 e. The molecule has 0 aliphatic carbocycles. The highest BCUT2D eigenvalue weighted by molar-refractivity contribution is 7.88. The molecule has 0 aliphatic heterocycles. The number of aliphatic carboxylic acids is 1. The zero-order chi connectivity index (χ0) is 16.2. The van der Waals surface area contributed by atoms with E-state index in [0.29, 0.717) is 5.56 Å². The fraction of sp³-hybridized carbons (Fsp3) is 0.417. The molecule has 8 nitrogen and oxygen atoms in total. The van der Waals surface area contributed by atoms with E-state index in [1.54, 1.807) is 13.8 Å². The van der Waals surface area contributed by atoms with Gasteiger partial charge in [0, 0.05) is 12.1 Å². The van der Waals surface area contributed by atoms with Gasteiger partial charge in [-0.1, -0.05) is 26.0 Å². The molecule has 2 N–H and O–H groups in total. The van der Waals surface area contributed by atoms with Gasteiger partial charge in [-0.05, 0) is 11.5 Å². The van der Waals surface area contributed by atoms with Gasteiger partial charge in [0.1, 0.15) is 6.04 Å². The maximum Gasteiger partial charge on any atom is 0.321 e. The Kier molecular flexibility index (Phi) is 5.39. The SMILES string of the molecule is CC(C)[C@@H](NS(=O)(=O)Cc1ccc([N+](=O)[O-])cc1)C(=O)O. The number of nitrogens with one attached hydrogen (secondary N) is 1. The third kappa shape index (κ3) is 5.12. The predicted molar refractivity (Wildman–Crippen MR) is 75.1 cm³/mol. The van der Waals surface area contributed by atoms with E-state index in [4.69, 9.17) is 5.11 Å². The van der Waals surface area contributed by atoms with Crippen molar-refractivity contribution in [3.8, 4) is 0 Å². The van der Waals surface area contributed by atoms with Crippen LogP contribution in [0.4, 0.5) is 5.69 Å². The number of nitro benzene ring substituents is 1. The molecule has 0 fully saturated rings. The lowest BCUT2D eigenvalue weighted by Gasteiger charge is -2.17. The number of sulfonamides is 1. The maximum absolute atomic E-state index is 11.9. The third-order valence-electron chi connectivity index (χ3n) is 2.74. The van der Waals surface area contributed by atoms with Crippen molar-refractivity contribution in [2.45, 2.75) is 25.6 Å². The predicted octanol–water partition coefficient (Wildman–Crippen LogP) is 1.12. The van der Waals surface area contributed by atoms with Gasteiger partial charge in [0.25, 0.3) is 5.69 Å². The summed E-state index contributed by atoms with van der Waals surface area (Å²) in [5.41, 5.74) is 0.190. The fourth-order valence-corrected chi connectivity index (χ4v) is 3.11. The van der Waals surface area contributed by atoms with E-state index in [-0.39, 0.29) is 5.69 Å². The molecule has 1 aromatic rings. The summed E-state index contributed by atoms with van der Waals surface area (Å²) < 4.78 is 26.0. The van der Waals surface area contributed by atoms with Crippen LogP contribution < -0.4 is 4.72 Å². The van der Waals surface area contributed by atoms with Crippen molar-refractivity contribution in [1.29, 1.82) is 0 Å². The molecule has 9 heteroatoms. The lowest BCUT2D eigenvalue weighted by atomic mass is 10.1. The monoisotopic (exact) mass is 316 g/mol. The highest BCUT2D eigenvalue weighted by Gasteiger charge is 2.27. The minimum absolute atomic E-state index is 0.144.